The molecule has 0 aliphatic carbocycles. The van der Waals surface area contributed by atoms with E-state index in [0.717, 1.165) is 11.3 Å². The van der Waals surface area contributed by atoms with Crippen molar-refractivity contribution in [1.82, 2.24) is 0 Å². The van der Waals surface area contributed by atoms with Gasteiger partial charge in [0.05, 0.1) is 17.4 Å². The molecule has 2 rings (SSSR count). The Balaban J connectivity index is 2.06. The zero-order valence-electron chi connectivity index (χ0n) is 9.64. The molecule has 1 aliphatic rings. The average molecular weight is 253 g/mol. The Labute approximate surface area is 101 Å². The maximum absolute atomic E-state index is 11.9. The van der Waals surface area contributed by atoms with Crippen molar-refractivity contribution in [2.75, 3.05) is 16.8 Å². The van der Waals surface area contributed by atoms with E-state index >= 15 is 0 Å². The SMILES string of the molecule is Cc1ccccc1NC(=O)C1CCS(=O)(=O)C1. The highest BCUT2D eigenvalue weighted by atomic mass is 32.2. The fourth-order valence-electron chi connectivity index (χ4n) is 1.95. The molecular formula is C12H15NO3S. The van der Waals surface area contributed by atoms with Gasteiger partial charge in [-0.2, -0.15) is 0 Å². The van der Waals surface area contributed by atoms with Gasteiger partial charge in [-0.3, -0.25) is 4.79 Å². The molecule has 5 heteroatoms. The number of carbonyl (C=O) groups excluding carboxylic acids is 1. The van der Waals surface area contributed by atoms with E-state index in [-0.39, 0.29) is 17.4 Å². The Kier molecular flexibility index (Phi) is 3.19. The van der Waals surface area contributed by atoms with Gasteiger partial charge in [0.25, 0.3) is 0 Å². The van der Waals surface area contributed by atoms with E-state index in [1.807, 2.05) is 31.2 Å². The molecule has 0 radical (unpaired) electrons. The molecule has 1 aliphatic heterocycles. The molecule has 1 fully saturated rings. The van der Waals surface area contributed by atoms with Crippen molar-refractivity contribution in [2.24, 2.45) is 5.92 Å². The highest BCUT2D eigenvalue weighted by Gasteiger charge is 2.32. The van der Waals surface area contributed by atoms with Gasteiger partial charge in [-0.05, 0) is 25.0 Å². The van der Waals surface area contributed by atoms with Crippen LogP contribution in [0.5, 0.6) is 0 Å². The zero-order chi connectivity index (χ0) is 12.5. The van der Waals surface area contributed by atoms with Crippen molar-refractivity contribution in [3.8, 4) is 0 Å². The normalized spacial score (nSPS) is 22.3. The lowest BCUT2D eigenvalue weighted by molar-refractivity contribution is -0.119. The third-order valence-corrected chi connectivity index (χ3v) is 4.77. The molecule has 1 heterocycles. The van der Waals surface area contributed by atoms with E-state index < -0.39 is 15.8 Å². The van der Waals surface area contributed by atoms with Crippen LogP contribution < -0.4 is 5.32 Å². The third kappa shape index (κ3) is 2.85. The first-order chi connectivity index (χ1) is 7.98. The fourth-order valence-corrected chi connectivity index (χ4v) is 3.69. The lowest BCUT2D eigenvalue weighted by Crippen LogP contribution is -2.24. The number of anilines is 1. The van der Waals surface area contributed by atoms with E-state index in [1.165, 1.54) is 0 Å². The first-order valence-corrected chi connectivity index (χ1v) is 7.37. The molecule has 17 heavy (non-hydrogen) atoms. The summed E-state index contributed by atoms with van der Waals surface area (Å²) < 4.78 is 22.6. The van der Waals surface area contributed by atoms with Crippen LogP contribution in [-0.4, -0.2) is 25.8 Å². The number of benzene rings is 1. The predicted molar refractivity (Wildman–Crippen MR) is 66.6 cm³/mol. The molecule has 1 saturated heterocycles. The minimum atomic E-state index is -3.00. The Bertz CT molecular complexity index is 536. The standard InChI is InChI=1S/C12H15NO3S/c1-9-4-2-3-5-11(9)13-12(14)10-6-7-17(15,16)8-10/h2-5,10H,6-8H2,1H3,(H,13,14). The van der Waals surface area contributed by atoms with Gasteiger partial charge < -0.3 is 5.32 Å². The second-order valence-corrected chi connectivity index (χ2v) is 6.63. The second kappa shape index (κ2) is 4.49. The maximum atomic E-state index is 11.9. The van der Waals surface area contributed by atoms with Gasteiger partial charge in [0.2, 0.25) is 5.91 Å². The molecule has 0 spiro atoms. The lowest BCUT2D eigenvalue weighted by Gasteiger charge is -2.11. The molecule has 1 aromatic carbocycles. The number of sulfone groups is 1. The van der Waals surface area contributed by atoms with Crippen LogP contribution in [-0.2, 0) is 14.6 Å². The number of hydrogen-bond acceptors (Lipinski definition) is 3. The molecule has 92 valence electrons. The lowest BCUT2D eigenvalue weighted by atomic mass is 10.1. The molecule has 0 aromatic heterocycles. The molecular weight excluding hydrogens is 238 g/mol. The number of rotatable bonds is 2. The number of hydrogen-bond donors (Lipinski definition) is 1. The number of nitrogens with one attached hydrogen (secondary N) is 1. The van der Waals surface area contributed by atoms with E-state index in [4.69, 9.17) is 0 Å². The highest BCUT2D eigenvalue weighted by Crippen LogP contribution is 2.21. The predicted octanol–water partition coefficient (Wildman–Crippen LogP) is 1.37. The fraction of sp³-hybridized carbons (Fsp3) is 0.417. The summed E-state index contributed by atoms with van der Waals surface area (Å²) in [5.41, 5.74) is 1.73. The van der Waals surface area contributed by atoms with Crippen LogP contribution in [0.2, 0.25) is 0 Å². The smallest absolute Gasteiger partial charge is 0.228 e. The third-order valence-electron chi connectivity index (χ3n) is 3.01. The average Bonchev–Trinajstić information content (AvgIpc) is 2.62. The minimum absolute atomic E-state index is 0.0231. The highest BCUT2D eigenvalue weighted by molar-refractivity contribution is 7.91. The number of amides is 1. The topological polar surface area (TPSA) is 63.2 Å². The van der Waals surface area contributed by atoms with Gasteiger partial charge in [0.15, 0.2) is 9.84 Å². The Morgan fingerprint density at radius 3 is 2.65 bits per heavy atom. The molecule has 1 N–H and O–H groups in total. The molecule has 1 amide bonds. The maximum Gasteiger partial charge on any atom is 0.228 e. The second-order valence-electron chi connectivity index (χ2n) is 4.40. The summed E-state index contributed by atoms with van der Waals surface area (Å²) in [7, 11) is -3.00. The van der Waals surface area contributed by atoms with Crippen molar-refractivity contribution >= 4 is 21.4 Å². The van der Waals surface area contributed by atoms with Crippen LogP contribution in [0.3, 0.4) is 0 Å². The molecule has 1 atom stereocenters. The quantitative estimate of drug-likeness (QED) is 0.865. The van der Waals surface area contributed by atoms with E-state index in [1.54, 1.807) is 0 Å². The molecule has 1 aromatic rings. The largest absolute Gasteiger partial charge is 0.326 e. The van der Waals surface area contributed by atoms with Gasteiger partial charge in [0, 0.05) is 5.69 Å². The van der Waals surface area contributed by atoms with Crippen molar-refractivity contribution in [3.63, 3.8) is 0 Å². The summed E-state index contributed by atoms with van der Waals surface area (Å²) in [5, 5.41) is 2.79. The Hall–Kier alpha value is -1.36. The minimum Gasteiger partial charge on any atom is -0.326 e. The first kappa shape index (κ1) is 12.1. The van der Waals surface area contributed by atoms with Crippen molar-refractivity contribution in [3.05, 3.63) is 29.8 Å². The van der Waals surface area contributed by atoms with Crippen molar-refractivity contribution in [1.29, 1.82) is 0 Å². The number of carbonyl (C=O) groups is 1. The summed E-state index contributed by atoms with van der Waals surface area (Å²) in [5.74, 6) is -0.496. The van der Waals surface area contributed by atoms with Gasteiger partial charge >= 0.3 is 0 Å². The number of aryl methyl sites for hydroxylation is 1. The number of para-hydroxylation sites is 1. The molecule has 0 bridgehead atoms. The zero-order valence-corrected chi connectivity index (χ0v) is 10.5. The molecule has 4 nitrogen and oxygen atoms in total. The van der Waals surface area contributed by atoms with E-state index in [2.05, 4.69) is 5.32 Å². The Morgan fingerprint density at radius 1 is 1.35 bits per heavy atom. The van der Waals surface area contributed by atoms with Crippen molar-refractivity contribution < 1.29 is 13.2 Å². The van der Waals surface area contributed by atoms with Gasteiger partial charge in [-0.15, -0.1) is 0 Å². The van der Waals surface area contributed by atoms with Crippen LogP contribution in [0.1, 0.15) is 12.0 Å². The van der Waals surface area contributed by atoms with Crippen LogP contribution >= 0.6 is 0 Å². The van der Waals surface area contributed by atoms with E-state index in [0.29, 0.717) is 6.42 Å². The van der Waals surface area contributed by atoms with Crippen molar-refractivity contribution in [2.45, 2.75) is 13.3 Å². The Morgan fingerprint density at radius 2 is 2.06 bits per heavy atom. The van der Waals surface area contributed by atoms with Gasteiger partial charge in [-0.25, -0.2) is 8.42 Å². The molecule has 1 unspecified atom stereocenters. The van der Waals surface area contributed by atoms with Gasteiger partial charge in [0.1, 0.15) is 0 Å². The van der Waals surface area contributed by atoms with Crippen LogP contribution in [0, 0.1) is 12.8 Å². The van der Waals surface area contributed by atoms with Crippen LogP contribution in [0.25, 0.3) is 0 Å². The summed E-state index contributed by atoms with van der Waals surface area (Å²) in [6.07, 6.45) is 0.431. The van der Waals surface area contributed by atoms with E-state index in [9.17, 15) is 13.2 Å². The summed E-state index contributed by atoms with van der Waals surface area (Å²) in [4.78, 5) is 11.9. The summed E-state index contributed by atoms with van der Waals surface area (Å²) in [6, 6.07) is 7.46. The molecule has 0 saturated carbocycles. The monoisotopic (exact) mass is 253 g/mol. The summed E-state index contributed by atoms with van der Waals surface area (Å²) >= 11 is 0. The van der Waals surface area contributed by atoms with Gasteiger partial charge in [-0.1, -0.05) is 18.2 Å². The van der Waals surface area contributed by atoms with Crippen LogP contribution in [0.15, 0.2) is 24.3 Å². The summed E-state index contributed by atoms with van der Waals surface area (Å²) in [6.45, 7) is 1.90. The first-order valence-electron chi connectivity index (χ1n) is 5.55. The van der Waals surface area contributed by atoms with Crippen LogP contribution in [0.4, 0.5) is 5.69 Å².